The fourth-order valence-corrected chi connectivity index (χ4v) is 2.34. The molecule has 0 spiro atoms. The molecule has 1 unspecified atom stereocenters. The van der Waals surface area contributed by atoms with Crippen LogP contribution in [0.1, 0.15) is 46.5 Å². The molecule has 4 heteroatoms. The first-order valence-corrected chi connectivity index (χ1v) is 7.44. The SMILES string of the molecule is CCCCCNC(=O)C(C)N(CCC)C1CNC1. The number of amides is 1. The molecule has 1 saturated heterocycles. The number of carbonyl (C=O) groups excluding carboxylic acids is 1. The van der Waals surface area contributed by atoms with Crippen molar-refractivity contribution >= 4 is 5.91 Å². The van der Waals surface area contributed by atoms with Crippen LogP contribution in [0.15, 0.2) is 0 Å². The molecule has 1 fully saturated rings. The summed E-state index contributed by atoms with van der Waals surface area (Å²) < 4.78 is 0. The normalized spacial score (nSPS) is 17.6. The first-order chi connectivity index (χ1) is 8.70. The Balaban J connectivity index is 2.33. The van der Waals surface area contributed by atoms with Crippen LogP contribution in [0.5, 0.6) is 0 Å². The van der Waals surface area contributed by atoms with Gasteiger partial charge in [-0.2, -0.15) is 0 Å². The first kappa shape index (κ1) is 15.4. The Morgan fingerprint density at radius 1 is 1.33 bits per heavy atom. The van der Waals surface area contributed by atoms with E-state index in [-0.39, 0.29) is 11.9 Å². The maximum absolute atomic E-state index is 12.1. The summed E-state index contributed by atoms with van der Waals surface area (Å²) in [4.78, 5) is 14.4. The van der Waals surface area contributed by atoms with E-state index >= 15 is 0 Å². The van der Waals surface area contributed by atoms with Crippen molar-refractivity contribution in [2.75, 3.05) is 26.2 Å². The summed E-state index contributed by atoms with van der Waals surface area (Å²) in [6, 6.07) is 0.542. The Morgan fingerprint density at radius 3 is 2.56 bits per heavy atom. The van der Waals surface area contributed by atoms with Gasteiger partial charge in [0.2, 0.25) is 5.91 Å². The van der Waals surface area contributed by atoms with Gasteiger partial charge in [-0.05, 0) is 26.3 Å². The summed E-state index contributed by atoms with van der Waals surface area (Å²) in [5.41, 5.74) is 0. The van der Waals surface area contributed by atoms with Gasteiger partial charge in [0.1, 0.15) is 0 Å². The van der Waals surface area contributed by atoms with Gasteiger partial charge in [-0.25, -0.2) is 0 Å². The van der Waals surface area contributed by atoms with E-state index < -0.39 is 0 Å². The number of hydrogen-bond donors (Lipinski definition) is 2. The zero-order valence-corrected chi connectivity index (χ0v) is 12.2. The molecule has 0 aromatic rings. The standard InChI is InChI=1S/C14H29N3O/c1-4-6-7-8-16-14(18)12(3)17(9-5-2)13-10-15-11-13/h12-13,15H,4-11H2,1-3H3,(H,16,18). The van der Waals surface area contributed by atoms with Crippen LogP contribution in [0.25, 0.3) is 0 Å². The maximum Gasteiger partial charge on any atom is 0.237 e. The van der Waals surface area contributed by atoms with Crippen LogP contribution in [0.3, 0.4) is 0 Å². The smallest absolute Gasteiger partial charge is 0.237 e. The first-order valence-electron chi connectivity index (χ1n) is 7.44. The Bertz CT molecular complexity index is 241. The second kappa shape index (κ2) is 8.48. The molecular formula is C14H29N3O. The van der Waals surface area contributed by atoms with Crippen LogP contribution in [0.2, 0.25) is 0 Å². The summed E-state index contributed by atoms with van der Waals surface area (Å²) in [6.45, 7) is 10.3. The highest BCUT2D eigenvalue weighted by molar-refractivity contribution is 5.81. The van der Waals surface area contributed by atoms with Crippen molar-refractivity contribution in [1.29, 1.82) is 0 Å². The molecule has 0 aliphatic carbocycles. The van der Waals surface area contributed by atoms with Crippen molar-refractivity contribution in [2.24, 2.45) is 0 Å². The minimum Gasteiger partial charge on any atom is -0.355 e. The number of rotatable bonds is 9. The number of hydrogen-bond acceptors (Lipinski definition) is 3. The lowest BCUT2D eigenvalue weighted by Gasteiger charge is -2.41. The number of nitrogens with zero attached hydrogens (tertiary/aromatic N) is 1. The van der Waals surface area contributed by atoms with Gasteiger partial charge in [0.25, 0.3) is 0 Å². The van der Waals surface area contributed by atoms with Crippen LogP contribution < -0.4 is 10.6 Å². The Morgan fingerprint density at radius 2 is 2.06 bits per heavy atom. The highest BCUT2D eigenvalue weighted by atomic mass is 16.2. The summed E-state index contributed by atoms with van der Waals surface area (Å²) in [5, 5.41) is 6.34. The van der Waals surface area contributed by atoms with Gasteiger partial charge >= 0.3 is 0 Å². The Hall–Kier alpha value is -0.610. The molecule has 106 valence electrons. The lowest BCUT2D eigenvalue weighted by molar-refractivity contribution is -0.127. The molecule has 18 heavy (non-hydrogen) atoms. The summed E-state index contributed by atoms with van der Waals surface area (Å²) in [6.07, 6.45) is 4.58. The molecule has 1 atom stereocenters. The molecule has 0 aromatic carbocycles. The van der Waals surface area contributed by atoms with E-state index in [9.17, 15) is 4.79 Å². The molecule has 2 N–H and O–H groups in total. The number of nitrogens with one attached hydrogen (secondary N) is 2. The lowest BCUT2D eigenvalue weighted by Crippen LogP contribution is -2.62. The van der Waals surface area contributed by atoms with Crippen LogP contribution in [0.4, 0.5) is 0 Å². The maximum atomic E-state index is 12.1. The zero-order chi connectivity index (χ0) is 13.4. The molecule has 0 bridgehead atoms. The van der Waals surface area contributed by atoms with Crippen LogP contribution in [0, 0.1) is 0 Å². The zero-order valence-electron chi connectivity index (χ0n) is 12.2. The molecule has 1 aliphatic heterocycles. The van der Waals surface area contributed by atoms with E-state index in [2.05, 4.69) is 29.4 Å². The molecule has 0 radical (unpaired) electrons. The second-order valence-electron chi connectivity index (χ2n) is 5.22. The molecule has 1 amide bonds. The van der Waals surface area contributed by atoms with Gasteiger partial charge in [0, 0.05) is 25.7 Å². The quantitative estimate of drug-likeness (QED) is 0.612. The van der Waals surface area contributed by atoms with Gasteiger partial charge in [-0.1, -0.05) is 26.7 Å². The number of carbonyl (C=O) groups is 1. The van der Waals surface area contributed by atoms with E-state index in [1.165, 1.54) is 12.8 Å². The highest BCUT2D eigenvalue weighted by Gasteiger charge is 2.30. The minimum absolute atomic E-state index is 0.00123. The molecule has 1 rings (SSSR count). The Labute approximate surface area is 111 Å². The minimum atomic E-state index is -0.00123. The third-order valence-corrected chi connectivity index (χ3v) is 3.67. The van der Waals surface area contributed by atoms with Crippen LogP contribution in [-0.4, -0.2) is 49.1 Å². The van der Waals surface area contributed by atoms with Crippen molar-refractivity contribution in [3.8, 4) is 0 Å². The summed E-state index contributed by atoms with van der Waals surface area (Å²) in [5.74, 6) is 0.187. The van der Waals surface area contributed by atoms with Gasteiger partial charge in [0.15, 0.2) is 0 Å². The third kappa shape index (κ3) is 4.58. The molecular weight excluding hydrogens is 226 g/mol. The predicted molar refractivity (Wildman–Crippen MR) is 75.7 cm³/mol. The number of unbranched alkanes of at least 4 members (excludes halogenated alkanes) is 2. The average molecular weight is 255 g/mol. The fraction of sp³-hybridized carbons (Fsp3) is 0.929. The fourth-order valence-electron chi connectivity index (χ4n) is 2.34. The monoisotopic (exact) mass is 255 g/mol. The predicted octanol–water partition coefficient (Wildman–Crippen LogP) is 1.37. The van der Waals surface area contributed by atoms with Crippen molar-refractivity contribution in [1.82, 2.24) is 15.5 Å². The molecule has 4 nitrogen and oxygen atoms in total. The van der Waals surface area contributed by atoms with Crippen LogP contribution in [-0.2, 0) is 4.79 Å². The third-order valence-electron chi connectivity index (χ3n) is 3.67. The summed E-state index contributed by atoms with van der Waals surface area (Å²) in [7, 11) is 0. The van der Waals surface area contributed by atoms with Gasteiger partial charge < -0.3 is 10.6 Å². The Kier molecular flexibility index (Phi) is 7.28. The van der Waals surface area contributed by atoms with Crippen molar-refractivity contribution < 1.29 is 4.79 Å². The van der Waals surface area contributed by atoms with Gasteiger partial charge in [0.05, 0.1) is 6.04 Å². The van der Waals surface area contributed by atoms with Gasteiger partial charge in [-0.15, -0.1) is 0 Å². The highest BCUT2D eigenvalue weighted by Crippen LogP contribution is 2.11. The van der Waals surface area contributed by atoms with Gasteiger partial charge in [-0.3, -0.25) is 9.69 Å². The van der Waals surface area contributed by atoms with Crippen molar-refractivity contribution in [2.45, 2.75) is 58.5 Å². The van der Waals surface area contributed by atoms with E-state index in [1.54, 1.807) is 0 Å². The average Bonchev–Trinajstić information content (AvgIpc) is 2.30. The van der Waals surface area contributed by atoms with Crippen molar-refractivity contribution in [3.63, 3.8) is 0 Å². The second-order valence-corrected chi connectivity index (χ2v) is 5.22. The molecule has 1 heterocycles. The van der Waals surface area contributed by atoms with Crippen molar-refractivity contribution in [3.05, 3.63) is 0 Å². The molecule has 0 aromatic heterocycles. The van der Waals surface area contributed by atoms with E-state index in [0.717, 1.165) is 39.0 Å². The van der Waals surface area contributed by atoms with E-state index in [0.29, 0.717) is 6.04 Å². The summed E-state index contributed by atoms with van der Waals surface area (Å²) >= 11 is 0. The lowest BCUT2D eigenvalue weighted by atomic mass is 10.1. The van der Waals surface area contributed by atoms with E-state index in [4.69, 9.17) is 0 Å². The van der Waals surface area contributed by atoms with E-state index in [1.807, 2.05) is 6.92 Å². The molecule has 0 saturated carbocycles. The largest absolute Gasteiger partial charge is 0.355 e. The molecule has 1 aliphatic rings. The topological polar surface area (TPSA) is 44.4 Å². The van der Waals surface area contributed by atoms with Crippen LogP contribution >= 0.6 is 0 Å².